The molecule has 2 heterocycles. The summed E-state index contributed by atoms with van der Waals surface area (Å²) in [6, 6.07) is 8.45. The first-order chi connectivity index (χ1) is 14.1. The lowest BCUT2D eigenvalue weighted by atomic mass is 9.95. The number of fused-ring (bicyclic) bond motifs is 1. The summed E-state index contributed by atoms with van der Waals surface area (Å²) in [5, 5.41) is 23.8. The van der Waals surface area contributed by atoms with Crippen LogP contribution in [-0.2, 0) is 22.7 Å². The van der Waals surface area contributed by atoms with Gasteiger partial charge in [-0.3, -0.25) is 14.6 Å². The Morgan fingerprint density at radius 1 is 1.33 bits per heavy atom. The molecule has 8 nitrogen and oxygen atoms in total. The van der Waals surface area contributed by atoms with Crippen LogP contribution < -0.4 is 10.1 Å². The van der Waals surface area contributed by atoms with E-state index < -0.39 is 29.6 Å². The van der Waals surface area contributed by atoms with Gasteiger partial charge < -0.3 is 25.2 Å². The van der Waals surface area contributed by atoms with E-state index in [1.807, 2.05) is 6.07 Å². The molecule has 2 amide bonds. The molecule has 0 aliphatic carbocycles. The van der Waals surface area contributed by atoms with E-state index in [1.165, 1.54) is 12.0 Å². The number of nitrogens with one attached hydrogen (secondary N) is 1. The van der Waals surface area contributed by atoms with E-state index in [2.05, 4.69) is 26.2 Å². The third-order valence-corrected chi connectivity index (χ3v) is 5.90. The van der Waals surface area contributed by atoms with Gasteiger partial charge in [-0.05, 0) is 59.1 Å². The number of ether oxygens (including phenoxy) is 1. The molecule has 0 unspecified atom stereocenters. The molecule has 0 saturated heterocycles. The fourth-order valence-corrected chi connectivity index (χ4v) is 3.67. The lowest BCUT2D eigenvalue weighted by Gasteiger charge is -2.31. The van der Waals surface area contributed by atoms with Crippen molar-refractivity contribution in [3.63, 3.8) is 0 Å². The van der Waals surface area contributed by atoms with Crippen LogP contribution in [0.1, 0.15) is 36.7 Å². The predicted octanol–water partition coefficient (Wildman–Crippen LogP) is 1.68. The zero-order chi connectivity index (χ0) is 22.1. The maximum atomic E-state index is 12.7. The van der Waals surface area contributed by atoms with Crippen molar-refractivity contribution in [1.29, 1.82) is 0 Å². The lowest BCUT2D eigenvalue weighted by Crippen LogP contribution is -2.58. The van der Waals surface area contributed by atoms with Crippen molar-refractivity contribution < 1.29 is 24.5 Å². The van der Waals surface area contributed by atoms with E-state index in [9.17, 15) is 19.8 Å². The number of methoxy groups -OCH3 is 1. The predicted molar refractivity (Wildman–Crippen MR) is 112 cm³/mol. The van der Waals surface area contributed by atoms with E-state index in [-0.39, 0.29) is 13.1 Å². The van der Waals surface area contributed by atoms with Crippen LogP contribution >= 0.6 is 15.9 Å². The number of hydrogen-bond donors (Lipinski definition) is 3. The van der Waals surface area contributed by atoms with E-state index in [0.29, 0.717) is 5.75 Å². The van der Waals surface area contributed by atoms with Crippen LogP contribution in [-0.4, -0.2) is 50.7 Å². The van der Waals surface area contributed by atoms with E-state index in [4.69, 9.17) is 4.74 Å². The number of aromatic nitrogens is 1. The van der Waals surface area contributed by atoms with Crippen LogP contribution in [0.5, 0.6) is 5.75 Å². The number of nitrogens with zero attached hydrogens (tertiary/aromatic N) is 2. The van der Waals surface area contributed by atoms with Gasteiger partial charge in [0.05, 0.1) is 29.9 Å². The van der Waals surface area contributed by atoms with Crippen LogP contribution in [0.3, 0.4) is 0 Å². The minimum Gasteiger partial charge on any atom is -0.496 e. The molecule has 30 heavy (non-hydrogen) atoms. The Morgan fingerprint density at radius 3 is 2.73 bits per heavy atom. The standard InChI is InChI=1S/C21H24BrN3O5/c1-12(13-6-7-15(22)17(9-13)30-3)24-20(28)21(2,29)18(26)19(27)25-10-14-5-4-8-23-16(14)11-25/h4-9,12,18,26,29H,10-11H2,1-3H3,(H,24,28)/t12-,18+,21-/m1/s1. The summed E-state index contributed by atoms with van der Waals surface area (Å²) >= 11 is 3.37. The molecule has 0 saturated carbocycles. The van der Waals surface area contributed by atoms with Crippen LogP contribution in [0.25, 0.3) is 0 Å². The first-order valence-corrected chi connectivity index (χ1v) is 10.2. The van der Waals surface area contributed by atoms with Crippen molar-refractivity contribution in [3.8, 4) is 5.75 Å². The second-order valence-electron chi connectivity index (χ2n) is 7.44. The Balaban J connectivity index is 1.68. The summed E-state index contributed by atoms with van der Waals surface area (Å²) in [6.45, 7) is 3.35. The molecule has 1 aliphatic heterocycles. The summed E-state index contributed by atoms with van der Waals surface area (Å²) in [7, 11) is 1.53. The monoisotopic (exact) mass is 477 g/mol. The van der Waals surface area contributed by atoms with Crippen LogP contribution in [0.2, 0.25) is 0 Å². The third-order valence-electron chi connectivity index (χ3n) is 5.25. The molecule has 0 fully saturated rings. The summed E-state index contributed by atoms with van der Waals surface area (Å²) in [4.78, 5) is 31.0. The largest absolute Gasteiger partial charge is 0.496 e. The first kappa shape index (κ1) is 22.2. The van der Waals surface area contributed by atoms with Gasteiger partial charge in [0.2, 0.25) is 0 Å². The maximum Gasteiger partial charge on any atom is 0.255 e. The minimum atomic E-state index is -2.31. The average molecular weight is 478 g/mol. The molecule has 2 aromatic rings. The molecule has 160 valence electrons. The quantitative estimate of drug-likeness (QED) is 0.583. The smallest absolute Gasteiger partial charge is 0.255 e. The molecule has 1 aromatic heterocycles. The van der Waals surface area contributed by atoms with E-state index in [0.717, 1.165) is 28.2 Å². The first-order valence-electron chi connectivity index (χ1n) is 9.41. The number of hydrogen-bond acceptors (Lipinski definition) is 6. The van der Waals surface area contributed by atoms with Crippen LogP contribution in [0.4, 0.5) is 0 Å². The maximum absolute atomic E-state index is 12.7. The number of carbonyl (C=O) groups is 2. The van der Waals surface area contributed by atoms with Crippen molar-refractivity contribution in [2.24, 2.45) is 0 Å². The molecule has 0 bridgehead atoms. The van der Waals surface area contributed by atoms with Crippen molar-refractivity contribution >= 4 is 27.7 Å². The van der Waals surface area contributed by atoms with Gasteiger partial charge in [0.1, 0.15) is 5.75 Å². The molecular weight excluding hydrogens is 454 g/mol. The Bertz CT molecular complexity index is 940. The molecule has 0 radical (unpaired) electrons. The highest BCUT2D eigenvalue weighted by Crippen LogP contribution is 2.29. The van der Waals surface area contributed by atoms with Gasteiger partial charge >= 0.3 is 0 Å². The zero-order valence-corrected chi connectivity index (χ0v) is 18.5. The summed E-state index contributed by atoms with van der Waals surface area (Å²) in [6.07, 6.45) is -0.288. The summed E-state index contributed by atoms with van der Waals surface area (Å²) < 4.78 is 6.02. The van der Waals surface area contributed by atoms with Crippen LogP contribution in [0, 0.1) is 0 Å². The number of amides is 2. The number of pyridine rings is 1. The number of aliphatic hydroxyl groups excluding tert-OH is 1. The molecule has 1 aromatic carbocycles. The second-order valence-corrected chi connectivity index (χ2v) is 8.30. The average Bonchev–Trinajstić information content (AvgIpc) is 3.17. The van der Waals surface area contributed by atoms with E-state index in [1.54, 1.807) is 37.4 Å². The highest BCUT2D eigenvalue weighted by Gasteiger charge is 2.45. The van der Waals surface area contributed by atoms with Gasteiger partial charge in [-0.15, -0.1) is 0 Å². The van der Waals surface area contributed by atoms with Crippen molar-refractivity contribution in [3.05, 3.63) is 57.8 Å². The topological polar surface area (TPSA) is 112 Å². The van der Waals surface area contributed by atoms with Crippen molar-refractivity contribution in [2.75, 3.05) is 7.11 Å². The molecule has 9 heteroatoms. The third kappa shape index (κ3) is 4.33. The Kier molecular flexibility index (Phi) is 6.44. The fraction of sp³-hybridized carbons (Fsp3) is 0.381. The van der Waals surface area contributed by atoms with Crippen LogP contribution in [0.15, 0.2) is 41.0 Å². The lowest BCUT2D eigenvalue weighted by molar-refractivity contribution is -0.166. The molecular formula is C21H24BrN3O5. The van der Waals surface area contributed by atoms with Gasteiger partial charge in [-0.2, -0.15) is 0 Å². The van der Waals surface area contributed by atoms with Gasteiger partial charge in [0.25, 0.3) is 11.8 Å². The molecule has 1 aliphatic rings. The number of aliphatic hydroxyl groups is 2. The van der Waals surface area contributed by atoms with Gasteiger partial charge in [-0.25, -0.2) is 0 Å². The SMILES string of the molecule is COc1cc([C@@H](C)NC(=O)[C@](C)(O)[C@@H](O)C(=O)N2Cc3cccnc3C2)ccc1Br. The van der Waals surface area contributed by atoms with E-state index >= 15 is 0 Å². The van der Waals surface area contributed by atoms with Gasteiger partial charge in [0, 0.05) is 12.7 Å². The molecule has 3 N–H and O–H groups in total. The fourth-order valence-electron chi connectivity index (χ4n) is 3.27. The Hall–Kier alpha value is -2.49. The second kappa shape index (κ2) is 8.71. The number of halogens is 1. The van der Waals surface area contributed by atoms with Gasteiger partial charge in [0.15, 0.2) is 11.7 Å². The summed E-state index contributed by atoms with van der Waals surface area (Å²) in [5.74, 6) is -0.989. The zero-order valence-electron chi connectivity index (χ0n) is 16.9. The highest BCUT2D eigenvalue weighted by molar-refractivity contribution is 9.10. The number of rotatable bonds is 6. The minimum absolute atomic E-state index is 0.221. The van der Waals surface area contributed by atoms with Crippen molar-refractivity contribution in [2.45, 2.75) is 44.7 Å². The molecule has 0 spiro atoms. The Labute approximate surface area is 183 Å². The highest BCUT2D eigenvalue weighted by atomic mass is 79.9. The van der Waals surface area contributed by atoms with Crippen molar-refractivity contribution in [1.82, 2.24) is 15.2 Å². The normalized spacial score (nSPS) is 16.9. The summed E-state index contributed by atoms with van der Waals surface area (Å²) in [5.41, 5.74) is 0.0356. The molecule has 3 atom stereocenters. The number of carbonyl (C=O) groups excluding carboxylic acids is 2. The van der Waals surface area contributed by atoms with Gasteiger partial charge in [-0.1, -0.05) is 12.1 Å². The Morgan fingerprint density at radius 2 is 2.07 bits per heavy atom. The molecule has 3 rings (SSSR count). The number of benzene rings is 1.